The minimum atomic E-state index is -0.217. The predicted molar refractivity (Wildman–Crippen MR) is 66.4 cm³/mol. The molecule has 1 aromatic rings. The summed E-state index contributed by atoms with van der Waals surface area (Å²) in [7, 11) is 0. The first-order chi connectivity index (χ1) is 7.18. The van der Waals surface area contributed by atoms with Crippen LogP contribution in [0.2, 0.25) is 0 Å². The molecule has 0 saturated heterocycles. The minimum absolute atomic E-state index is 0.217. The van der Waals surface area contributed by atoms with Gasteiger partial charge >= 0.3 is 0 Å². The molecule has 0 aliphatic heterocycles. The molecule has 1 aromatic heterocycles. The molecule has 0 fully saturated rings. The molecule has 1 rings (SSSR count). The Bertz CT molecular complexity index is 246. The monoisotopic (exact) mass is 227 g/mol. The minimum Gasteiger partial charge on any atom is -0.392 e. The Kier molecular flexibility index (Phi) is 5.91. The molecule has 1 heterocycles. The van der Waals surface area contributed by atoms with E-state index in [-0.39, 0.29) is 6.10 Å². The van der Waals surface area contributed by atoms with Gasteiger partial charge in [-0.15, -0.1) is 11.3 Å². The first kappa shape index (κ1) is 12.7. The van der Waals surface area contributed by atoms with Gasteiger partial charge in [-0.2, -0.15) is 0 Å². The number of aryl methyl sites for hydroxylation is 1. The van der Waals surface area contributed by atoms with Crippen molar-refractivity contribution < 1.29 is 5.11 Å². The van der Waals surface area contributed by atoms with E-state index in [9.17, 15) is 5.11 Å². The molecule has 86 valence electrons. The lowest BCUT2D eigenvalue weighted by molar-refractivity contribution is 0.161. The molecule has 0 radical (unpaired) electrons. The highest BCUT2D eigenvalue weighted by molar-refractivity contribution is 7.09. The fourth-order valence-electron chi connectivity index (χ4n) is 1.40. The third-order valence-corrected chi connectivity index (χ3v) is 3.17. The second-order valence-electron chi connectivity index (χ2n) is 4.32. The van der Waals surface area contributed by atoms with Crippen molar-refractivity contribution in [3.63, 3.8) is 0 Å². The van der Waals surface area contributed by atoms with Crippen LogP contribution in [-0.2, 0) is 6.42 Å². The Morgan fingerprint density at radius 3 is 2.80 bits per heavy atom. The maximum Gasteiger partial charge on any atom is 0.0668 e. The number of rotatable bonds is 7. The molecule has 15 heavy (non-hydrogen) atoms. The first-order valence-corrected chi connectivity index (χ1v) is 6.47. The van der Waals surface area contributed by atoms with Crippen molar-refractivity contribution in [2.75, 3.05) is 13.1 Å². The normalized spacial score (nSPS) is 13.3. The molecule has 2 N–H and O–H groups in total. The van der Waals surface area contributed by atoms with Crippen LogP contribution in [0.25, 0.3) is 0 Å². The van der Waals surface area contributed by atoms with Crippen molar-refractivity contribution in [2.24, 2.45) is 5.92 Å². The van der Waals surface area contributed by atoms with Crippen LogP contribution >= 0.6 is 11.3 Å². The summed E-state index contributed by atoms with van der Waals surface area (Å²) in [5.41, 5.74) is 0. The predicted octanol–water partition coefficient (Wildman–Crippen LogP) is 2.29. The number of thiophene rings is 1. The van der Waals surface area contributed by atoms with E-state index in [1.165, 1.54) is 4.88 Å². The van der Waals surface area contributed by atoms with Crippen molar-refractivity contribution in [1.29, 1.82) is 0 Å². The number of hydrogen-bond acceptors (Lipinski definition) is 3. The van der Waals surface area contributed by atoms with E-state index in [4.69, 9.17) is 0 Å². The van der Waals surface area contributed by atoms with Crippen molar-refractivity contribution in [3.8, 4) is 0 Å². The van der Waals surface area contributed by atoms with Crippen LogP contribution in [0.1, 0.15) is 25.1 Å². The Hall–Kier alpha value is -0.380. The zero-order valence-corrected chi connectivity index (χ0v) is 10.4. The van der Waals surface area contributed by atoms with Crippen LogP contribution in [-0.4, -0.2) is 24.3 Å². The van der Waals surface area contributed by atoms with Crippen LogP contribution in [0.4, 0.5) is 0 Å². The molecule has 1 unspecified atom stereocenters. The van der Waals surface area contributed by atoms with E-state index in [1.807, 2.05) is 0 Å². The summed E-state index contributed by atoms with van der Waals surface area (Å²) in [4.78, 5) is 1.36. The van der Waals surface area contributed by atoms with E-state index in [1.54, 1.807) is 11.3 Å². The quantitative estimate of drug-likeness (QED) is 0.749. The Morgan fingerprint density at radius 2 is 2.20 bits per heavy atom. The van der Waals surface area contributed by atoms with E-state index in [0.29, 0.717) is 12.5 Å². The fourth-order valence-corrected chi connectivity index (χ4v) is 2.13. The number of nitrogens with one attached hydrogen (secondary N) is 1. The highest BCUT2D eigenvalue weighted by Gasteiger charge is 2.04. The lowest BCUT2D eigenvalue weighted by atomic mass is 10.1. The van der Waals surface area contributed by atoms with Gasteiger partial charge in [0.15, 0.2) is 0 Å². The Labute approximate surface area is 96.3 Å². The zero-order chi connectivity index (χ0) is 11.1. The van der Waals surface area contributed by atoms with Gasteiger partial charge in [-0.1, -0.05) is 19.9 Å². The first-order valence-electron chi connectivity index (χ1n) is 5.59. The van der Waals surface area contributed by atoms with E-state index >= 15 is 0 Å². The Balaban J connectivity index is 2.06. The van der Waals surface area contributed by atoms with Gasteiger partial charge in [-0.3, -0.25) is 0 Å². The van der Waals surface area contributed by atoms with Gasteiger partial charge in [0.25, 0.3) is 0 Å². The molecule has 0 bridgehead atoms. The molecule has 0 spiro atoms. The summed E-state index contributed by atoms with van der Waals surface area (Å²) >= 11 is 1.76. The standard InChI is InChI=1S/C12H21NOS/c1-10(2)8-13-9-11(14)5-6-12-4-3-7-15-12/h3-4,7,10-11,13-14H,5-6,8-9H2,1-2H3. The maximum absolute atomic E-state index is 9.70. The van der Waals surface area contributed by atoms with Crippen LogP contribution in [0.5, 0.6) is 0 Å². The lowest BCUT2D eigenvalue weighted by Crippen LogP contribution is -2.29. The van der Waals surface area contributed by atoms with Gasteiger partial charge in [0.05, 0.1) is 6.10 Å². The van der Waals surface area contributed by atoms with E-state index in [0.717, 1.165) is 19.4 Å². The smallest absolute Gasteiger partial charge is 0.0668 e. The van der Waals surface area contributed by atoms with Crippen molar-refractivity contribution >= 4 is 11.3 Å². The average molecular weight is 227 g/mol. The third kappa shape index (κ3) is 5.92. The summed E-state index contributed by atoms with van der Waals surface area (Å²) < 4.78 is 0. The van der Waals surface area contributed by atoms with Gasteiger partial charge in [-0.05, 0) is 36.8 Å². The van der Waals surface area contributed by atoms with Crippen LogP contribution < -0.4 is 5.32 Å². The van der Waals surface area contributed by atoms with Gasteiger partial charge in [-0.25, -0.2) is 0 Å². The van der Waals surface area contributed by atoms with E-state index < -0.39 is 0 Å². The SMILES string of the molecule is CC(C)CNCC(O)CCc1cccs1. The second kappa shape index (κ2) is 6.99. The highest BCUT2D eigenvalue weighted by atomic mass is 32.1. The van der Waals surface area contributed by atoms with Crippen molar-refractivity contribution in [2.45, 2.75) is 32.8 Å². The molecule has 0 amide bonds. The summed E-state index contributed by atoms with van der Waals surface area (Å²) in [5.74, 6) is 0.648. The van der Waals surface area contributed by atoms with Gasteiger partial charge < -0.3 is 10.4 Å². The van der Waals surface area contributed by atoms with Crippen LogP contribution in [0.15, 0.2) is 17.5 Å². The molecular formula is C12H21NOS. The number of aliphatic hydroxyl groups excluding tert-OH is 1. The molecule has 0 aliphatic rings. The average Bonchev–Trinajstić information content (AvgIpc) is 2.66. The second-order valence-corrected chi connectivity index (χ2v) is 5.36. The maximum atomic E-state index is 9.70. The summed E-state index contributed by atoms with van der Waals surface area (Å²) in [6, 6.07) is 4.18. The zero-order valence-electron chi connectivity index (χ0n) is 9.57. The molecule has 2 nitrogen and oxygen atoms in total. The lowest BCUT2D eigenvalue weighted by Gasteiger charge is -2.12. The summed E-state index contributed by atoms with van der Waals surface area (Å²) in [5, 5.41) is 15.1. The van der Waals surface area contributed by atoms with Crippen LogP contribution in [0, 0.1) is 5.92 Å². The highest BCUT2D eigenvalue weighted by Crippen LogP contribution is 2.11. The van der Waals surface area contributed by atoms with Crippen molar-refractivity contribution in [1.82, 2.24) is 5.32 Å². The van der Waals surface area contributed by atoms with Crippen molar-refractivity contribution in [3.05, 3.63) is 22.4 Å². The molecule has 3 heteroatoms. The number of aliphatic hydroxyl groups is 1. The largest absolute Gasteiger partial charge is 0.392 e. The fraction of sp³-hybridized carbons (Fsp3) is 0.667. The molecule has 1 atom stereocenters. The number of hydrogen-bond donors (Lipinski definition) is 2. The molecule has 0 aromatic carbocycles. The molecule has 0 saturated carbocycles. The summed E-state index contributed by atoms with van der Waals surface area (Å²) in [6.07, 6.45) is 1.62. The Morgan fingerprint density at radius 1 is 1.40 bits per heavy atom. The molecule has 0 aliphatic carbocycles. The van der Waals surface area contributed by atoms with Gasteiger partial charge in [0, 0.05) is 11.4 Å². The topological polar surface area (TPSA) is 32.3 Å². The summed E-state index contributed by atoms with van der Waals surface area (Å²) in [6.45, 7) is 6.04. The third-order valence-electron chi connectivity index (χ3n) is 2.24. The van der Waals surface area contributed by atoms with Gasteiger partial charge in [0.2, 0.25) is 0 Å². The van der Waals surface area contributed by atoms with Gasteiger partial charge in [0.1, 0.15) is 0 Å². The van der Waals surface area contributed by atoms with E-state index in [2.05, 4.69) is 36.7 Å². The molecular weight excluding hydrogens is 206 g/mol. The van der Waals surface area contributed by atoms with Crippen LogP contribution in [0.3, 0.4) is 0 Å².